The van der Waals surface area contributed by atoms with E-state index in [4.69, 9.17) is 9.47 Å². The Bertz CT molecular complexity index is 483. The highest BCUT2D eigenvalue weighted by Gasteiger charge is 2.05. The summed E-state index contributed by atoms with van der Waals surface area (Å²) in [4.78, 5) is 4.61. The van der Waals surface area contributed by atoms with Crippen molar-refractivity contribution >= 4 is 29.9 Å². The molecular formula is C19H34IN3O2. The van der Waals surface area contributed by atoms with Crippen LogP contribution in [0, 0.1) is 6.92 Å². The molecule has 2 N–H and O–H groups in total. The molecule has 0 radical (unpaired) electrons. The van der Waals surface area contributed by atoms with Gasteiger partial charge in [-0.2, -0.15) is 0 Å². The van der Waals surface area contributed by atoms with Crippen LogP contribution in [0.5, 0.6) is 5.75 Å². The lowest BCUT2D eigenvalue weighted by molar-refractivity contribution is 0.192. The predicted molar refractivity (Wildman–Crippen MR) is 116 cm³/mol. The van der Waals surface area contributed by atoms with Crippen LogP contribution in [0.1, 0.15) is 38.7 Å². The van der Waals surface area contributed by atoms with E-state index in [2.05, 4.69) is 35.5 Å². The SMILES string of the molecule is CCNC(=NCC(C)Oc1cccc(C)c1)NCCCCCOC.I. The van der Waals surface area contributed by atoms with Crippen molar-refractivity contribution in [2.75, 3.05) is 33.4 Å². The molecule has 0 aliphatic carbocycles. The van der Waals surface area contributed by atoms with Crippen LogP contribution in [0.4, 0.5) is 0 Å². The van der Waals surface area contributed by atoms with Crippen LogP contribution in [-0.2, 0) is 4.74 Å². The third kappa shape index (κ3) is 12.0. The monoisotopic (exact) mass is 463 g/mol. The normalized spacial score (nSPS) is 12.2. The third-order valence-electron chi connectivity index (χ3n) is 3.50. The fourth-order valence-electron chi connectivity index (χ4n) is 2.27. The Hall–Kier alpha value is -1.02. The summed E-state index contributed by atoms with van der Waals surface area (Å²) in [6.07, 6.45) is 3.41. The van der Waals surface area contributed by atoms with E-state index in [1.807, 2.05) is 25.1 Å². The van der Waals surface area contributed by atoms with Gasteiger partial charge < -0.3 is 20.1 Å². The summed E-state index contributed by atoms with van der Waals surface area (Å²) in [5, 5.41) is 6.64. The van der Waals surface area contributed by atoms with Gasteiger partial charge in [-0.25, -0.2) is 4.99 Å². The van der Waals surface area contributed by atoms with Gasteiger partial charge in [0.15, 0.2) is 5.96 Å². The van der Waals surface area contributed by atoms with Gasteiger partial charge in [0, 0.05) is 26.8 Å². The average molecular weight is 463 g/mol. The number of ether oxygens (including phenoxy) is 2. The van der Waals surface area contributed by atoms with Crippen molar-refractivity contribution in [2.45, 2.75) is 46.1 Å². The van der Waals surface area contributed by atoms with E-state index in [0.29, 0.717) is 6.54 Å². The molecule has 1 rings (SSSR count). The molecule has 0 spiro atoms. The lowest BCUT2D eigenvalue weighted by atomic mass is 10.2. The van der Waals surface area contributed by atoms with Gasteiger partial charge in [0.05, 0.1) is 6.54 Å². The van der Waals surface area contributed by atoms with E-state index in [0.717, 1.165) is 50.7 Å². The summed E-state index contributed by atoms with van der Waals surface area (Å²) in [6.45, 7) is 9.40. The van der Waals surface area contributed by atoms with Gasteiger partial charge in [-0.3, -0.25) is 0 Å². The molecule has 0 aliphatic heterocycles. The number of nitrogens with one attached hydrogen (secondary N) is 2. The number of methoxy groups -OCH3 is 1. The van der Waals surface area contributed by atoms with E-state index >= 15 is 0 Å². The van der Waals surface area contributed by atoms with Crippen molar-refractivity contribution in [3.05, 3.63) is 29.8 Å². The first-order valence-electron chi connectivity index (χ1n) is 8.90. The molecule has 1 atom stereocenters. The molecule has 25 heavy (non-hydrogen) atoms. The molecule has 0 fully saturated rings. The fourth-order valence-corrected chi connectivity index (χ4v) is 2.27. The van der Waals surface area contributed by atoms with Crippen molar-refractivity contribution in [1.82, 2.24) is 10.6 Å². The first-order valence-corrected chi connectivity index (χ1v) is 8.90. The lowest BCUT2D eigenvalue weighted by Crippen LogP contribution is -2.38. The molecule has 0 bridgehead atoms. The zero-order valence-electron chi connectivity index (χ0n) is 16.0. The van der Waals surface area contributed by atoms with Crippen molar-refractivity contribution in [2.24, 2.45) is 4.99 Å². The molecule has 144 valence electrons. The molecule has 1 aromatic rings. The largest absolute Gasteiger partial charge is 0.489 e. The summed E-state index contributed by atoms with van der Waals surface area (Å²) in [6, 6.07) is 8.10. The molecule has 0 amide bonds. The number of guanidine groups is 1. The first-order chi connectivity index (χ1) is 11.7. The minimum Gasteiger partial charge on any atom is -0.489 e. The standard InChI is InChI=1S/C19H33N3O2.HI/c1-5-20-19(21-12-7-6-8-13-23-4)22-15-17(3)24-18-11-9-10-16(2)14-18;/h9-11,14,17H,5-8,12-13,15H2,1-4H3,(H2,20,21,22);1H. The van der Waals surface area contributed by atoms with Crippen LogP contribution >= 0.6 is 24.0 Å². The Labute approximate surface area is 170 Å². The minimum atomic E-state index is 0. The summed E-state index contributed by atoms with van der Waals surface area (Å²) in [5.74, 6) is 1.75. The van der Waals surface area contributed by atoms with Crippen LogP contribution in [-0.4, -0.2) is 45.4 Å². The Kier molecular flexibility index (Phi) is 14.6. The highest BCUT2D eigenvalue weighted by molar-refractivity contribution is 14.0. The highest BCUT2D eigenvalue weighted by atomic mass is 127. The number of benzene rings is 1. The topological polar surface area (TPSA) is 54.9 Å². The summed E-state index contributed by atoms with van der Waals surface area (Å²) in [7, 11) is 1.74. The molecule has 0 saturated carbocycles. The Balaban J connectivity index is 0.00000576. The number of aryl methyl sites for hydroxylation is 1. The second kappa shape index (κ2) is 15.3. The lowest BCUT2D eigenvalue weighted by Gasteiger charge is -2.15. The molecule has 1 unspecified atom stereocenters. The second-order valence-electron chi connectivity index (χ2n) is 5.94. The van der Waals surface area contributed by atoms with Gasteiger partial charge >= 0.3 is 0 Å². The van der Waals surface area contributed by atoms with Crippen molar-refractivity contribution < 1.29 is 9.47 Å². The number of unbranched alkanes of at least 4 members (excludes halogenated alkanes) is 2. The smallest absolute Gasteiger partial charge is 0.191 e. The molecule has 5 nitrogen and oxygen atoms in total. The Morgan fingerprint density at radius 1 is 1.20 bits per heavy atom. The van der Waals surface area contributed by atoms with Gasteiger partial charge in [-0.05, 0) is 57.7 Å². The van der Waals surface area contributed by atoms with E-state index in [1.165, 1.54) is 5.56 Å². The summed E-state index contributed by atoms with van der Waals surface area (Å²) in [5.41, 5.74) is 1.20. The number of hydrogen-bond acceptors (Lipinski definition) is 3. The van der Waals surface area contributed by atoms with Gasteiger partial charge in [0.1, 0.15) is 11.9 Å². The van der Waals surface area contributed by atoms with Crippen molar-refractivity contribution in [3.63, 3.8) is 0 Å². The van der Waals surface area contributed by atoms with Gasteiger partial charge in [0.2, 0.25) is 0 Å². The van der Waals surface area contributed by atoms with E-state index in [9.17, 15) is 0 Å². The van der Waals surface area contributed by atoms with Crippen LogP contribution < -0.4 is 15.4 Å². The Morgan fingerprint density at radius 3 is 2.68 bits per heavy atom. The van der Waals surface area contributed by atoms with Crippen LogP contribution in [0.2, 0.25) is 0 Å². The van der Waals surface area contributed by atoms with Crippen LogP contribution in [0.25, 0.3) is 0 Å². The van der Waals surface area contributed by atoms with Crippen molar-refractivity contribution in [3.8, 4) is 5.75 Å². The zero-order valence-corrected chi connectivity index (χ0v) is 18.3. The molecule has 6 heteroatoms. The number of nitrogens with zero attached hydrogens (tertiary/aromatic N) is 1. The molecule has 0 saturated heterocycles. The summed E-state index contributed by atoms with van der Waals surface area (Å²) < 4.78 is 11.0. The molecular weight excluding hydrogens is 429 g/mol. The van der Waals surface area contributed by atoms with Crippen molar-refractivity contribution in [1.29, 1.82) is 0 Å². The van der Waals surface area contributed by atoms with Gasteiger partial charge in [0.25, 0.3) is 0 Å². The maximum Gasteiger partial charge on any atom is 0.191 e. The zero-order chi connectivity index (χ0) is 17.6. The Morgan fingerprint density at radius 2 is 2.00 bits per heavy atom. The van der Waals surface area contributed by atoms with E-state index < -0.39 is 0 Å². The van der Waals surface area contributed by atoms with E-state index in [1.54, 1.807) is 7.11 Å². The van der Waals surface area contributed by atoms with Crippen LogP contribution in [0.15, 0.2) is 29.3 Å². The number of aliphatic imine (C=N–C) groups is 1. The minimum absolute atomic E-state index is 0. The van der Waals surface area contributed by atoms with Crippen LogP contribution in [0.3, 0.4) is 0 Å². The molecule has 0 heterocycles. The number of rotatable bonds is 11. The molecule has 0 aromatic heterocycles. The fraction of sp³-hybridized carbons (Fsp3) is 0.632. The predicted octanol–water partition coefficient (Wildman–Crippen LogP) is 3.75. The highest BCUT2D eigenvalue weighted by Crippen LogP contribution is 2.14. The molecule has 0 aliphatic rings. The third-order valence-corrected chi connectivity index (χ3v) is 3.50. The van der Waals surface area contributed by atoms with Gasteiger partial charge in [-0.15, -0.1) is 24.0 Å². The van der Waals surface area contributed by atoms with Gasteiger partial charge in [-0.1, -0.05) is 12.1 Å². The van der Waals surface area contributed by atoms with E-state index in [-0.39, 0.29) is 30.1 Å². The molecule has 1 aromatic carbocycles. The summed E-state index contributed by atoms with van der Waals surface area (Å²) >= 11 is 0. The first kappa shape index (κ1) is 24.0. The average Bonchev–Trinajstić information content (AvgIpc) is 2.55. The number of halogens is 1. The number of hydrogen-bond donors (Lipinski definition) is 2. The quantitative estimate of drug-likeness (QED) is 0.227. The maximum absolute atomic E-state index is 5.92. The second-order valence-corrected chi connectivity index (χ2v) is 5.94. The maximum atomic E-state index is 5.92.